The topological polar surface area (TPSA) is 75.6 Å². The summed E-state index contributed by atoms with van der Waals surface area (Å²) in [5.41, 5.74) is 2.81. The largest absolute Gasteiger partial charge is 0.492 e. The van der Waals surface area contributed by atoms with Gasteiger partial charge in [-0.05, 0) is 42.7 Å². The summed E-state index contributed by atoms with van der Waals surface area (Å²) in [5.74, 6) is 1.39. The van der Waals surface area contributed by atoms with E-state index in [1.165, 1.54) is 4.31 Å². The first-order chi connectivity index (χ1) is 15.9. The van der Waals surface area contributed by atoms with Crippen molar-refractivity contribution >= 4 is 15.8 Å². The van der Waals surface area contributed by atoms with Crippen molar-refractivity contribution in [1.82, 2.24) is 14.5 Å². The van der Waals surface area contributed by atoms with E-state index in [4.69, 9.17) is 4.74 Å². The van der Waals surface area contributed by atoms with Gasteiger partial charge in [0, 0.05) is 31.7 Å². The van der Waals surface area contributed by atoms with E-state index in [1.807, 2.05) is 55.5 Å². The molecule has 1 aliphatic rings. The fourth-order valence-corrected chi connectivity index (χ4v) is 5.50. The number of ether oxygens (including phenoxy) is 1. The van der Waals surface area contributed by atoms with Gasteiger partial charge >= 0.3 is 0 Å². The highest BCUT2D eigenvalue weighted by Gasteiger charge is 2.31. The third kappa shape index (κ3) is 5.02. The van der Waals surface area contributed by atoms with Gasteiger partial charge in [0.05, 0.1) is 12.3 Å². The molecule has 0 saturated carbocycles. The molecule has 1 aliphatic heterocycles. The van der Waals surface area contributed by atoms with E-state index in [2.05, 4.69) is 28.9 Å². The SMILES string of the molecule is CCOc1ccc(C(C)C)cc1S(=O)(=O)N1CCN(c2ccc(-c3ccccc3)nn2)CC1. The number of benzene rings is 2. The molecule has 33 heavy (non-hydrogen) atoms. The van der Waals surface area contributed by atoms with Crippen LogP contribution in [0.1, 0.15) is 32.3 Å². The van der Waals surface area contributed by atoms with Crippen LogP contribution in [0.25, 0.3) is 11.3 Å². The first-order valence-electron chi connectivity index (χ1n) is 11.3. The first kappa shape index (κ1) is 23.2. The predicted molar refractivity (Wildman–Crippen MR) is 130 cm³/mol. The van der Waals surface area contributed by atoms with Gasteiger partial charge in [0.25, 0.3) is 0 Å². The van der Waals surface area contributed by atoms with Crippen molar-refractivity contribution in [3.8, 4) is 17.0 Å². The Bertz CT molecular complexity index is 1170. The number of hydrogen-bond acceptors (Lipinski definition) is 6. The van der Waals surface area contributed by atoms with Gasteiger partial charge in [0.15, 0.2) is 5.82 Å². The molecule has 0 atom stereocenters. The number of aromatic nitrogens is 2. The summed E-state index contributed by atoms with van der Waals surface area (Å²) >= 11 is 0. The molecule has 1 aromatic heterocycles. The normalized spacial score (nSPS) is 15.1. The highest BCUT2D eigenvalue weighted by Crippen LogP contribution is 2.31. The minimum absolute atomic E-state index is 0.226. The van der Waals surface area contributed by atoms with Crippen LogP contribution < -0.4 is 9.64 Å². The van der Waals surface area contributed by atoms with E-state index in [-0.39, 0.29) is 10.8 Å². The highest BCUT2D eigenvalue weighted by molar-refractivity contribution is 7.89. The van der Waals surface area contributed by atoms with E-state index >= 15 is 0 Å². The van der Waals surface area contributed by atoms with Crippen LogP contribution in [-0.4, -0.2) is 55.7 Å². The van der Waals surface area contributed by atoms with Crippen LogP contribution in [0.5, 0.6) is 5.75 Å². The zero-order valence-corrected chi connectivity index (χ0v) is 20.1. The molecule has 0 radical (unpaired) electrons. The monoisotopic (exact) mass is 466 g/mol. The lowest BCUT2D eigenvalue weighted by molar-refractivity contribution is 0.327. The predicted octanol–water partition coefficient (Wildman–Crippen LogP) is 4.18. The second-order valence-corrected chi connectivity index (χ2v) is 10.2. The van der Waals surface area contributed by atoms with Gasteiger partial charge in [-0.25, -0.2) is 8.42 Å². The van der Waals surface area contributed by atoms with Crippen molar-refractivity contribution in [2.45, 2.75) is 31.6 Å². The summed E-state index contributed by atoms with van der Waals surface area (Å²) in [4.78, 5) is 2.32. The number of sulfonamides is 1. The third-order valence-electron chi connectivity index (χ3n) is 5.83. The van der Waals surface area contributed by atoms with Crippen molar-refractivity contribution < 1.29 is 13.2 Å². The van der Waals surface area contributed by atoms with Gasteiger partial charge in [-0.15, -0.1) is 10.2 Å². The average Bonchev–Trinajstić information content (AvgIpc) is 2.85. The van der Waals surface area contributed by atoms with Gasteiger partial charge in [0.1, 0.15) is 10.6 Å². The Balaban J connectivity index is 1.49. The number of anilines is 1. The maximum Gasteiger partial charge on any atom is 0.246 e. The third-order valence-corrected chi connectivity index (χ3v) is 7.75. The zero-order chi connectivity index (χ0) is 23.4. The Morgan fingerprint density at radius 1 is 0.939 bits per heavy atom. The molecule has 0 unspecified atom stereocenters. The first-order valence-corrected chi connectivity index (χ1v) is 12.7. The fourth-order valence-electron chi connectivity index (χ4n) is 3.91. The maximum atomic E-state index is 13.5. The van der Waals surface area contributed by atoms with Crippen LogP contribution in [0.3, 0.4) is 0 Å². The molecule has 8 heteroatoms. The minimum Gasteiger partial charge on any atom is -0.492 e. The Morgan fingerprint density at radius 2 is 1.67 bits per heavy atom. The summed E-state index contributed by atoms with van der Waals surface area (Å²) in [6.45, 7) is 8.22. The van der Waals surface area contributed by atoms with Gasteiger partial charge in [-0.2, -0.15) is 4.31 Å². The second kappa shape index (κ2) is 9.89. The Morgan fingerprint density at radius 3 is 2.27 bits per heavy atom. The quantitative estimate of drug-likeness (QED) is 0.520. The lowest BCUT2D eigenvalue weighted by Crippen LogP contribution is -2.49. The summed E-state index contributed by atoms with van der Waals surface area (Å²) in [6, 6.07) is 19.3. The van der Waals surface area contributed by atoms with E-state index in [9.17, 15) is 8.42 Å². The number of rotatable bonds is 7. The van der Waals surface area contributed by atoms with E-state index in [0.29, 0.717) is 38.5 Å². The van der Waals surface area contributed by atoms with Crippen molar-refractivity contribution in [3.05, 3.63) is 66.2 Å². The van der Waals surface area contributed by atoms with Crippen LogP contribution in [0, 0.1) is 0 Å². The van der Waals surface area contributed by atoms with E-state index in [0.717, 1.165) is 22.6 Å². The van der Waals surface area contributed by atoms with Crippen LogP contribution in [0.4, 0.5) is 5.82 Å². The number of piperazine rings is 1. The molecule has 1 saturated heterocycles. The molecule has 1 fully saturated rings. The molecule has 0 N–H and O–H groups in total. The standard InChI is InChI=1S/C25H30N4O3S/c1-4-32-23-12-10-21(19(2)3)18-24(23)33(30,31)29-16-14-28(15-17-29)25-13-11-22(26-27-25)20-8-6-5-7-9-20/h5-13,18-19H,4,14-17H2,1-3H3. The van der Waals surface area contributed by atoms with Gasteiger partial charge in [0.2, 0.25) is 10.0 Å². The second-order valence-electron chi connectivity index (χ2n) is 8.33. The molecule has 2 heterocycles. The Kier molecular flexibility index (Phi) is 6.95. The summed E-state index contributed by atoms with van der Waals surface area (Å²) in [5, 5.41) is 8.74. The molecule has 7 nitrogen and oxygen atoms in total. The Hall–Kier alpha value is -2.97. The van der Waals surface area contributed by atoms with Crippen molar-refractivity contribution in [2.75, 3.05) is 37.7 Å². The van der Waals surface area contributed by atoms with Crippen molar-refractivity contribution in [1.29, 1.82) is 0 Å². The van der Waals surface area contributed by atoms with Crippen molar-refractivity contribution in [2.24, 2.45) is 0 Å². The van der Waals surface area contributed by atoms with Gasteiger partial charge in [-0.1, -0.05) is 50.2 Å². The fraction of sp³-hybridized carbons (Fsp3) is 0.360. The van der Waals surface area contributed by atoms with E-state index < -0.39 is 10.0 Å². The Labute approximate surface area is 196 Å². The highest BCUT2D eigenvalue weighted by atomic mass is 32.2. The molecular weight excluding hydrogens is 436 g/mol. The van der Waals surface area contributed by atoms with E-state index in [1.54, 1.807) is 12.1 Å². The van der Waals surface area contributed by atoms with Crippen LogP contribution in [-0.2, 0) is 10.0 Å². The molecular formula is C25H30N4O3S. The molecule has 3 aromatic rings. The smallest absolute Gasteiger partial charge is 0.246 e. The molecule has 0 aliphatic carbocycles. The van der Waals surface area contributed by atoms with Crippen LogP contribution in [0.15, 0.2) is 65.6 Å². The summed E-state index contributed by atoms with van der Waals surface area (Å²) < 4.78 is 34.2. The summed E-state index contributed by atoms with van der Waals surface area (Å²) in [7, 11) is -3.67. The molecule has 174 valence electrons. The average molecular weight is 467 g/mol. The lowest BCUT2D eigenvalue weighted by atomic mass is 10.0. The maximum absolute atomic E-state index is 13.5. The molecule has 4 rings (SSSR count). The molecule has 0 amide bonds. The number of nitrogens with zero attached hydrogens (tertiary/aromatic N) is 4. The molecule has 0 spiro atoms. The number of hydrogen-bond donors (Lipinski definition) is 0. The zero-order valence-electron chi connectivity index (χ0n) is 19.3. The van der Waals surface area contributed by atoms with Gasteiger partial charge < -0.3 is 9.64 Å². The van der Waals surface area contributed by atoms with Crippen LogP contribution >= 0.6 is 0 Å². The van der Waals surface area contributed by atoms with Crippen LogP contribution in [0.2, 0.25) is 0 Å². The van der Waals surface area contributed by atoms with Gasteiger partial charge in [-0.3, -0.25) is 0 Å². The lowest BCUT2D eigenvalue weighted by Gasteiger charge is -2.34. The minimum atomic E-state index is -3.67. The summed E-state index contributed by atoms with van der Waals surface area (Å²) in [6.07, 6.45) is 0. The van der Waals surface area contributed by atoms with Crippen molar-refractivity contribution in [3.63, 3.8) is 0 Å². The molecule has 2 aromatic carbocycles. The molecule has 0 bridgehead atoms.